The first kappa shape index (κ1) is 17.3. The Morgan fingerprint density at radius 3 is 2.54 bits per heavy atom. The second-order valence-corrected chi connectivity index (χ2v) is 6.06. The van der Waals surface area contributed by atoms with E-state index in [1.807, 2.05) is 30.3 Å². The summed E-state index contributed by atoms with van der Waals surface area (Å²) in [4.78, 5) is 28.5. The number of carbonyl (C=O) groups excluding carboxylic acids is 2. The number of ether oxygens (including phenoxy) is 1. The molecule has 1 aliphatic heterocycles. The molecule has 0 radical (unpaired) electrons. The lowest BCUT2D eigenvalue weighted by Gasteiger charge is -2.26. The highest BCUT2D eigenvalue weighted by atomic mass is 16.5. The average Bonchev–Trinajstić information content (AvgIpc) is 2.72. The third-order valence-electron chi connectivity index (χ3n) is 4.30. The summed E-state index contributed by atoms with van der Waals surface area (Å²) in [6.45, 7) is 0. The number of para-hydroxylation sites is 2. The number of hydrogen-bond donors (Lipinski definition) is 4. The summed E-state index contributed by atoms with van der Waals surface area (Å²) in [5, 5.41) is 8.89. The van der Waals surface area contributed by atoms with Gasteiger partial charge in [-0.2, -0.15) is 0 Å². The first-order valence-electron chi connectivity index (χ1n) is 8.53. The van der Waals surface area contributed by atoms with Gasteiger partial charge in [0.25, 0.3) is 11.8 Å². The zero-order valence-corrected chi connectivity index (χ0v) is 14.9. The van der Waals surface area contributed by atoms with Crippen LogP contribution in [0.1, 0.15) is 20.7 Å². The van der Waals surface area contributed by atoms with Crippen LogP contribution in [0.2, 0.25) is 0 Å². The molecular weight excluding hydrogens is 358 g/mol. The molecule has 0 spiro atoms. The smallest absolute Gasteiger partial charge is 0.254 e. The van der Waals surface area contributed by atoms with E-state index in [4.69, 9.17) is 10.5 Å². The third kappa shape index (κ3) is 2.96. The molecule has 0 unspecified atom stereocenters. The predicted octanol–water partition coefficient (Wildman–Crippen LogP) is 3.13. The van der Waals surface area contributed by atoms with Crippen molar-refractivity contribution in [2.75, 3.05) is 17.7 Å². The Bertz CT molecular complexity index is 1080. The monoisotopic (exact) mass is 375 g/mol. The lowest BCUT2D eigenvalue weighted by atomic mass is 10.1. The van der Waals surface area contributed by atoms with E-state index in [0.29, 0.717) is 28.7 Å². The molecule has 5 N–H and O–H groups in total. The molecule has 2 amide bonds. The number of nitrogens with zero attached hydrogens (tertiary/aromatic N) is 1. The molecule has 0 fully saturated rings. The molecule has 3 aromatic rings. The van der Waals surface area contributed by atoms with E-state index in [0.717, 1.165) is 5.69 Å². The Balaban J connectivity index is 1.85. The second kappa shape index (κ2) is 6.92. The maximum atomic E-state index is 12.3. The van der Waals surface area contributed by atoms with Crippen molar-refractivity contribution in [3.05, 3.63) is 65.9 Å². The minimum Gasteiger partial charge on any atom is -0.449 e. The molecule has 0 saturated carbocycles. The van der Waals surface area contributed by atoms with Crippen molar-refractivity contribution in [1.82, 2.24) is 10.3 Å². The van der Waals surface area contributed by atoms with Gasteiger partial charge in [0.05, 0.1) is 16.8 Å². The van der Waals surface area contributed by atoms with Crippen LogP contribution in [0, 0.1) is 0 Å². The van der Waals surface area contributed by atoms with Crippen molar-refractivity contribution >= 4 is 34.7 Å². The van der Waals surface area contributed by atoms with Gasteiger partial charge in [-0.15, -0.1) is 0 Å². The fourth-order valence-electron chi connectivity index (χ4n) is 2.96. The molecule has 0 bridgehead atoms. The summed E-state index contributed by atoms with van der Waals surface area (Å²) in [6.07, 6.45) is 1.44. The molecule has 2 aromatic carbocycles. The van der Waals surface area contributed by atoms with Crippen LogP contribution >= 0.6 is 0 Å². The van der Waals surface area contributed by atoms with Gasteiger partial charge < -0.3 is 26.4 Å². The van der Waals surface area contributed by atoms with E-state index in [1.54, 1.807) is 18.2 Å². The first-order valence-corrected chi connectivity index (χ1v) is 8.53. The van der Waals surface area contributed by atoms with Crippen molar-refractivity contribution in [1.29, 1.82) is 0 Å². The summed E-state index contributed by atoms with van der Waals surface area (Å²) in [5.74, 6) is 0.243. The van der Waals surface area contributed by atoms with Crippen LogP contribution in [0.15, 0.2) is 54.7 Å². The van der Waals surface area contributed by atoms with Crippen LogP contribution in [0.3, 0.4) is 0 Å². The quantitative estimate of drug-likeness (QED) is 0.435. The molecule has 0 atom stereocenters. The van der Waals surface area contributed by atoms with Crippen LogP contribution in [0.4, 0.5) is 22.9 Å². The van der Waals surface area contributed by atoms with Crippen molar-refractivity contribution < 1.29 is 14.3 Å². The normalized spacial score (nSPS) is 11.3. The zero-order valence-electron chi connectivity index (χ0n) is 14.9. The number of primary amides is 1. The highest BCUT2D eigenvalue weighted by Crippen LogP contribution is 2.48. The van der Waals surface area contributed by atoms with Gasteiger partial charge in [0, 0.05) is 18.9 Å². The van der Waals surface area contributed by atoms with E-state index < -0.39 is 5.91 Å². The molecule has 8 nitrogen and oxygen atoms in total. The summed E-state index contributed by atoms with van der Waals surface area (Å²) in [7, 11) is 1.53. The van der Waals surface area contributed by atoms with Crippen molar-refractivity contribution in [2.45, 2.75) is 0 Å². The number of hydrogen-bond acceptors (Lipinski definition) is 6. The molecule has 8 heteroatoms. The lowest BCUT2D eigenvalue weighted by Crippen LogP contribution is -2.22. The van der Waals surface area contributed by atoms with Crippen molar-refractivity contribution in [2.24, 2.45) is 5.73 Å². The number of amides is 2. The van der Waals surface area contributed by atoms with Crippen LogP contribution in [-0.2, 0) is 0 Å². The first-order chi connectivity index (χ1) is 13.6. The summed E-state index contributed by atoms with van der Waals surface area (Å²) in [6, 6.07) is 14.4. The van der Waals surface area contributed by atoms with Gasteiger partial charge in [0.15, 0.2) is 17.3 Å². The number of nitrogens with two attached hydrogens (primary N) is 1. The van der Waals surface area contributed by atoms with Crippen LogP contribution in [0.25, 0.3) is 0 Å². The average molecular weight is 375 g/mol. The topological polar surface area (TPSA) is 118 Å². The van der Waals surface area contributed by atoms with E-state index in [1.165, 1.54) is 13.2 Å². The van der Waals surface area contributed by atoms with Crippen molar-refractivity contribution in [3.63, 3.8) is 0 Å². The van der Waals surface area contributed by atoms with Crippen LogP contribution in [0.5, 0.6) is 11.5 Å². The van der Waals surface area contributed by atoms with E-state index >= 15 is 0 Å². The number of aromatic nitrogens is 1. The molecule has 0 aliphatic carbocycles. The number of rotatable bonds is 4. The number of carbonyl (C=O) groups is 2. The summed E-state index contributed by atoms with van der Waals surface area (Å²) < 4.78 is 6.03. The molecule has 1 aliphatic rings. The molecule has 0 saturated heterocycles. The Hall–Kier alpha value is -4.07. The lowest BCUT2D eigenvalue weighted by molar-refractivity contribution is 0.0962. The van der Waals surface area contributed by atoms with E-state index in [2.05, 4.69) is 20.9 Å². The number of fused-ring (bicyclic) bond motifs is 2. The fraction of sp³-hybridized carbons (Fsp3) is 0.0500. The van der Waals surface area contributed by atoms with Gasteiger partial charge >= 0.3 is 0 Å². The minimum atomic E-state index is -0.602. The van der Waals surface area contributed by atoms with Gasteiger partial charge in [-0.3, -0.25) is 9.59 Å². The summed E-state index contributed by atoms with van der Waals surface area (Å²) in [5.41, 5.74) is 7.63. The van der Waals surface area contributed by atoms with Gasteiger partial charge in [-0.05, 0) is 24.3 Å². The minimum absolute atomic E-state index is 0.264. The summed E-state index contributed by atoms with van der Waals surface area (Å²) >= 11 is 0. The number of benzene rings is 2. The Labute approximate surface area is 160 Å². The second-order valence-electron chi connectivity index (χ2n) is 6.06. The SMILES string of the molecule is CNC(=O)c1cnc(Nc2ccccc2)c2c1Nc1c(cccc1C(N)=O)O2. The van der Waals surface area contributed by atoms with Crippen molar-refractivity contribution in [3.8, 4) is 11.5 Å². The van der Waals surface area contributed by atoms with Crippen LogP contribution < -0.4 is 26.4 Å². The van der Waals surface area contributed by atoms with Crippen LogP contribution in [-0.4, -0.2) is 23.8 Å². The number of nitrogens with one attached hydrogen (secondary N) is 3. The largest absolute Gasteiger partial charge is 0.449 e. The molecule has 1 aromatic heterocycles. The molecule has 140 valence electrons. The highest BCUT2D eigenvalue weighted by molar-refractivity contribution is 6.06. The maximum absolute atomic E-state index is 12.3. The fourth-order valence-corrected chi connectivity index (χ4v) is 2.96. The predicted molar refractivity (Wildman–Crippen MR) is 106 cm³/mol. The maximum Gasteiger partial charge on any atom is 0.254 e. The molecule has 28 heavy (non-hydrogen) atoms. The number of pyridine rings is 1. The molecule has 2 heterocycles. The molecule has 4 rings (SSSR count). The van der Waals surface area contributed by atoms with Gasteiger partial charge in [-0.25, -0.2) is 4.98 Å². The number of anilines is 4. The van der Waals surface area contributed by atoms with Gasteiger partial charge in [0.1, 0.15) is 5.69 Å². The van der Waals surface area contributed by atoms with Gasteiger partial charge in [-0.1, -0.05) is 24.3 Å². The Morgan fingerprint density at radius 1 is 1.04 bits per heavy atom. The standard InChI is InChI=1S/C20H17N5O3/c1-22-20(27)13-10-23-19(24-11-6-3-2-4-7-11)17-16(13)25-15-12(18(21)26)8-5-9-14(15)28-17/h2-10,25H,1H3,(H2,21,26)(H,22,27)(H,23,24). The molecular formula is C20H17N5O3. The van der Waals surface area contributed by atoms with E-state index in [9.17, 15) is 9.59 Å². The Morgan fingerprint density at radius 2 is 1.82 bits per heavy atom. The zero-order chi connectivity index (χ0) is 19.7. The third-order valence-corrected chi connectivity index (χ3v) is 4.30. The van der Waals surface area contributed by atoms with E-state index in [-0.39, 0.29) is 17.0 Å². The Kier molecular flexibility index (Phi) is 4.29. The van der Waals surface area contributed by atoms with Gasteiger partial charge in [0.2, 0.25) is 0 Å². The highest BCUT2D eigenvalue weighted by Gasteiger charge is 2.28.